The standard InChI is InChI=1S/C21H23N5S/c1-24(2)16-7-9-17(10-8-16)26-20(15-11-13-25(3)14-15)19(23-21(26)27)18-6-4-5-12-22-18/h4-14,19-20H,1-3H3,(H,23,27)/t19-,20+/m1/s1. The second-order valence-corrected chi connectivity index (χ2v) is 7.40. The topological polar surface area (TPSA) is 36.3 Å². The van der Waals surface area contributed by atoms with Crippen LogP contribution in [0.4, 0.5) is 11.4 Å². The molecule has 0 unspecified atom stereocenters. The number of aryl methyl sites for hydroxylation is 1. The first-order valence-corrected chi connectivity index (χ1v) is 9.35. The summed E-state index contributed by atoms with van der Waals surface area (Å²) in [6.07, 6.45) is 6.05. The summed E-state index contributed by atoms with van der Waals surface area (Å²) >= 11 is 5.74. The van der Waals surface area contributed by atoms with E-state index in [1.807, 2.05) is 39.5 Å². The van der Waals surface area contributed by atoms with Crippen LogP contribution in [0.5, 0.6) is 0 Å². The molecule has 4 rings (SSSR count). The van der Waals surface area contributed by atoms with Crippen molar-refractivity contribution in [3.63, 3.8) is 0 Å². The summed E-state index contributed by atoms with van der Waals surface area (Å²) in [6.45, 7) is 0. The molecular formula is C21H23N5S. The van der Waals surface area contributed by atoms with Gasteiger partial charge in [0.2, 0.25) is 0 Å². The molecule has 0 spiro atoms. The first-order chi connectivity index (χ1) is 13.0. The van der Waals surface area contributed by atoms with Crippen molar-refractivity contribution >= 4 is 28.7 Å². The van der Waals surface area contributed by atoms with Crippen LogP contribution < -0.4 is 15.1 Å². The number of thiocarbonyl (C=S) groups is 1. The van der Waals surface area contributed by atoms with E-state index in [1.165, 1.54) is 5.56 Å². The molecule has 1 saturated heterocycles. The molecule has 27 heavy (non-hydrogen) atoms. The van der Waals surface area contributed by atoms with Gasteiger partial charge in [-0.1, -0.05) is 6.07 Å². The second kappa shape index (κ2) is 7.04. The van der Waals surface area contributed by atoms with Gasteiger partial charge in [-0.2, -0.15) is 0 Å². The smallest absolute Gasteiger partial charge is 0.174 e. The highest BCUT2D eigenvalue weighted by molar-refractivity contribution is 7.80. The minimum absolute atomic E-state index is 0.00498. The van der Waals surface area contributed by atoms with Crippen LogP contribution in [0.3, 0.4) is 0 Å². The van der Waals surface area contributed by atoms with Crippen LogP contribution in [-0.2, 0) is 7.05 Å². The van der Waals surface area contributed by atoms with Crippen LogP contribution in [0.15, 0.2) is 67.1 Å². The maximum absolute atomic E-state index is 5.74. The molecule has 0 radical (unpaired) electrons. The zero-order chi connectivity index (χ0) is 19.0. The SMILES string of the molecule is CN(C)c1ccc(N2C(=S)N[C@H](c3ccccn3)[C@@H]2c2ccn(C)c2)cc1. The van der Waals surface area contributed by atoms with Crippen molar-refractivity contribution in [2.45, 2.75) is 12.1 Å². The highest BCUT2D eigenvalue weighted by atomic mass is 32.1. The molecule has 5 nitrogen and oxygen atoms in total. The Balaban J connectivity index is 1.78. The Morgan fingerprint density at radius 2 is 1.85 bits per heavy atom. The van der Waals surface area contributed by atoms with E-state index in [0.29, 0.717) is 0 Å². The van der Waals surface area contributed by atoms with Gasteiger partial charge in [0, 0.05) is 51.1 Å². The van der Waals surface area contributed by atoms with Gasteiger partial charge in [-0.25, -0.2) is 0 Å². The molecule has 2 aromatic heterocycles. The van der Waals surface area contributed by atoms with E-state index < -0.39 is 0 Å². The van der Waals surface area contributed by atoms with Gasteiger partial charge < -0.3 is 19.7 Å². The van der Waals surface area contributed by atoms with Crippen molar-refractivity contribution in [2.24, 2.45) is 7.05 Å². The van der Waals surface area contributed by atoms with E-state index in [2.05, 4.69) is 73.5 Å². The number of rotatable bonds is 4. The van der Waals surface area contributed by atoms with Gasteiger partial charge in [-0.15, -0.1) is 0 Å². The van der Waals surface area contributed by atoms with E-state index >= 15 is 0 Å². The average Bonchev–Trinajstić information content (AvgIpc) is 3.25. The highest BCUT2D eigenvalue weighted by Crippen LogP contribution is 2.41. The number of aromatic nitrogens is 2. The minimum atomic E-state index is -0.00498. The first-order valence-electron chi connectivity index (χ1n) is 8.94. The number of hydrogen-bond donors (Lipinski definition) is 1. The Kier molecular flexibility index (Phi) is 4.58. The monoisotopic (exact) mass is 377 g/mol. The van der Waals surface area contributed by atoms with E-state index in [1.54, 1.807) is 0 Å². The molecule has 6 heteroatoms. The summed E-state index contributed by atoms with van der Waals surface area (Å²) in [6, 6.07) is 16.7. The lowest BCUT2D eigenvalue weighted by Gasteiger charge is -2.27. The van der Waals surface area contributed by atoms with Gasteiger partial charge in [-0.3, -0.25) is 4.98 Å². The molecule has 0 amide bonds. The molecule has 3 aromatic rings. The molecule has 2 atom stereocenters. The third-order valence-electron chi connectivity index (χ3n) is 4.94. The van der Waals surface area contributed by atoms with Crippen molar-refractivity contribution < 1.29 is 0 Å². The Morgan fingerprint density at radius 1 is 1.07 bits per heavy atom. The summed E-state index contributed by atoms with van der Waals surface area (Å²) in [5.74, 6) is 0. The number of nitrogens with one attached hydrogen (secondary N) is 1. The van der Waals surface area contributed by atoms with Crippen molar-refractivity contribution in [3.8, 4) is 0 Å². The zero-order valence-electron chi connectivity index (χ0n) is 15.7. The molecule has 1 aliphatic heterocycles. The summed E-state index contributed by atoms with van der Waals surface area (Å²) in [5.41, 5.74) is 4.43. The van der Waals surface area contributed by atoms with Crippen LogP contribution in [-0.4, -0.2) is 28.8 Å². The molecule has 1 aromatic carbocycles. The van der Waals surface area contributed by atoms with Gasteiger partial charge in [-0.05, 0) is 60.2 Å². The molecule has 1 N–H and O–H groups in total. The third kappa shape index (κ3) is 3.28. The summed E-state index contributed by atoms with van der Waals surface area (Å²) < 4.78 is 2.07. The van der Waals surface area contributed by atoms with Crippen molar-refractivity contribution in [1.82, 2.24) is 14.9 Å². The number of anilines is 2. The molecule has 138 valence electrons. The Morgan fingerprint density at radius 3 is 2.44 bits per heavy atom. The molecule has 1 fully saturated rings. The molecule has 0 saturated carbocycles. The summed E-state index contributed by atoms with van der Waals surface area (Å²) in [7, 11) is 6.12. The van der Waals surface area contributed by atoms with Gasteiger partial charge in [0.15, 0.2) is 5.11 Å². The maximum Gasteiger partial charge on any atom is 0.174 e. The molecule has 0 bridgehead atoms. The first kappa shape index (κ1) is 17.5. The zero-order valence-corrected chi connectivity index (χ0v) is 16.5. The van der Waals surface area contributed by atoms with E-state index in [9.17, 15) is 0 Å². The fourth-order valence-electron chi connectivity index (χ4n) is 3.58. The largest absolute Gasteiger partial charge is 0.378 e. The van der Waals surface area contributed by atoms with Crippen molar-refractivity contribution in [2.75, 3.05) is 23.9 Å². The van der Waals surface area contributed by atoms with E-state index in [0.717, 1.165) is 22.2 Å². The molecule has 0 aliphatic carbocycles. The van der Waals surface area contributed by atoms with Crippen LogP contribution in [0, 0.1) is 0 Å². The van der Waals surface area contributed by atoms with Crippen LogP contribution in [0.2, 0.25) is 0 Å². The lowest BCUT2D eigenvalue weighted by molar-refractivity contribution is 0.567. The van der Waals surface area contributed by atoms with Crippen molar-refractivity contribution in [1.29, 1.82) is 0 Å². The summed E-state index contributed by atoms with van der Waals surface area (Å²) in [5, 5.41) is 4.21. The Labute approximate surface area is 165 Å². The second-order valence-electron chi connectivity index (χ2n) is 7.02. The minimum Gasteiger partial charge on any atom is -0.378 e. The fourth-order valence-corrected chi connectivity index (χ4v) is 3.93. The third-order valence-corrected chi connectivity index (χ3v) is 5.25. The maximum atomic E-state index is 5.74. The molecule has 1 aliphatic rings. The summed E-state index contributed by atoms with van der Waals surface area (Å²) in [4.78, 5) is 8.87. The average molecular weight is 378 g/mol. The van der Waals surface area contributed by atoms with Gasteiger partial charge in [0.25, 0.3) is 0 Å². The Hall–Kier alpha value is -2.86. The number of hydrogen-bond acceptors (Lipinski definition) is 3. The fraction of sp³-hybridized carbons (Fsp3) is 0.238. The van der Waals surface area contributed by atoms with Gasteiger partial charge >= 0.3 is 0 Å². The van der Waals surface area contributed by atoms with Gasteiger partial charge in [0.1, 0.15) is 0 Å². The quantitative estimate of drug-likeness (QED) is 0.702. The predicted octanol–water partition coefficient (Wildman–Crippen LogP) is 3.66. The molecule has 3 heterocycles. The Bertz CT molecular complexity index is 933. The van der Waals surface area contributed by atoms with Crippen LogP contribution in [0.1, 0.15) is 23.3 Å². The predicted molar refractivity (Wildman–Crippen MR) is 114 cm³/mol. The van der Waals surface area contributed by atoms with Crippen LogP contribution in [0.25, 0.3) is 0 Å². The number of benzene rings is 1. The number of pyridine rings is 1. The number of nitrogens with zero attached hydrogens (tertiary/aromatic N) is 4. The van der Waals surface area contributed by atoms with Crippen LogP contribution >= 0.6 is 12.2 Å². The molecular weight excluding hydrogens is 354 g/mol. The van der Waals surface area contributed by atoms with Crippen molar-refractivity contribution in [3.05, 3.63) is 78.4 Å². The lowest BCUT2D eigenvalue weighted by atomic mass is 9.98. The van der Waals surface area contributed by atoms with E-state index in [-0.39, 0.29) is 12.1 Å². The van der Waals surface area contributed by atoms with Gasteiger partial charge in [0.05, 0.1) is 17.8 Å². The highest BCUT2D eigenvalue weighted by Gasteiger charge is 2.40. The normalized spacial score (nSPS) is 19.2. The lowest BCUT2D eigenvalue weighted by Crippen LogP contribution is -2.29. The van der Waals surface area contributed by atoms with E-state index in [4.69, 9.17) is 12.2 Å².